The predicted molar refractivity (Wildman–Crippen MR) is 130 cm³/mol. The van der Waals surface area contributed by atoms with Crippen molar-refractivity contribution in [1.82, 2.24) is 4.57 Å². The Kier molecular flexibility index (Phi) is 5.60. The Hall–Kier alpha value is -3.28. The molecule has 5 rings (SSSR count). The summed E-state index contributed by atoms with van der Waals surface area (Å²) in [4.78, 5) is 18.3. The number of hydrogen-bond acceptors (Lipinski definition) is 5. The molecule has 33 heavy (non-hydrogen) atoms. The van der Waals surface area contributed by atoms with Gasteiger partial charge in [0.05, 0.1) is 31.5 Å². The summed E-state index contributed by atoms with van der Waals surface area (Å²) in [6.07, 6.45) is 7.02. The molecule has 0 aliphatic heterocycles. The highest BCUT2D eigenvalue weighted by molar-refractivity contribution is 6.01. The quantitative estimate of drug-likeness (QED) is 0.544. The number of nitrogens with zero attached hydrogens (tertiary/aromatic N) is 2. The van der Waals surface area contributed by atoms with Crippen molar-refractivity contribution in [3.8, 4) is 23.1 Å². The maximum atomic E-state index is 13.4. The topological polar surface area (TPSA) is 73.0 Å². The summed E-state index contributed by atoms with van der Waals surface area (Å²) in [5, 5.41) is 12.5. The number of aliphatic imine (C=N–C) groups is 1. The third-order valence-corrected chi connectivity index (χ3v) is 7.58. The molecule has 1 N–H and O–H groups in total. The average Bonchev–Trinajstić information content (AvgIpc) is 3.48. The molecule has 6 nitrogen and oxygen atoms in total. The number of rotatable bonds is 6. The zero-order valence-corrected chi connectivity index (χ0v) is 19.3. The van der Waals surface area contributed by atoms with Gasteiger partial charge < -0.3 is 14.6 Å². The summed E-state index contributed by atoms with van der Waals surface area (Å²) in [5.74, 6) is 3.14. The van der Waals surface area contributed by atoms with E-state index in [1.165, 1.54) is 30.3 Å². The van der Waals surface area contributed by atoms with Crippen molar-refractivity contribution in [2.24, 2.45) is 22.7 Å². The largest absolute Gasteiger partial charge is 0.494 e. The van der Waals surface area contributed by atoms with Gasteiger partial charge in [-0.2, -0.15) is 0 Å². The number of pyridine rings is 1. The van der Waals surface area contributed by atoms with Crippen molar-refractivity contribution in [2.75, 3.05) is 14.2 Å². The summed E-state index contributed by atoms with van der Waals surface area (Å²) in [6, 6.07) is 12.7. The molecule has 6 heteroatoms. The Morgan fingerprint density at radius 3 is 2.48 bits per heavy atom. The minimum atomic E-state index is -0.298. The second-order valence-electron chi connectivity index (χ2n) is 9.32. The van der Waals surface area contributed by atoms with Crippen LogP contribution in [0.15, 0.2) is 52.3 Å². The Balaban J connectivity index is 1.61. The van der Waals surface area contributed by atoms with E-state index < -0.39 is 0 Å². The smallest absolute Gasteiger partial charge is 0.265 e. The van der Waals surface area contributed by atoms with Gasteiger partial charge in [0.15, 0.2) is 11.5 Å². The monoisotopic (exact) mass is 446 g/mol. The molecule has 4 atom stereocenters. The second kappa shape index (κ2) is 8.58. The van der Waals surface area contributed by atoms with Crippen LogP contribution in [-0.2, 0) is 0 Å². The number of methoxy groups -OCH3 is 2. The first kappa shape index (κ1) is 21.6. The first-order valence-corrected chi connectivity index (χ1v) is 11.6. The normalized spacial score (nSPS) is 22.8. The summed E-state index contributed by atoms with van der Waals surface area (Å²) in [7, 11) is 3.10. The van der Waals surface area contributed by atoms with Crippen LogP contribution < -0.4 is 15.0 Å². The number of aromatic nitrogens is 1. The third kappa shape index (κ3) is 3.67. The fourth-order valence-corrected chi connectivity index (χ4v) is 5.88. The van der Waals surface area contributed by atoms with Crippen LogP contribution in [0.1, 0.15) is 38.2 Å². The van der Waals surface area contributed by atoms with Gasteiger partial charge in [0, 0.05) is 23.1 Å². The molecule has 1 aromatic heterocycles. The van der Waals surface area contributed by atoms with Gasteiger partial charge in [-0.05, 0) is 62.1 Å². The summed E-state index contributed by atoms with van der Waals surface area (Å²) >= 11 is 0. The molecule has 2 aliphatic rings. The molecular formula is C27H30N2O4. The minimum Gasteiger partial charge on any atom is -0.494 e. The molecule has 3 aromatic rings. The van der Waals surface area contributed by atoms with E-state index in [1.54, 1.807) is 44.7 Å². The molecule has 0 saturated heterocycles. The standard InChI is InChI=1S/C27H30N2O4/c1-16(22-13-17-8-9-18(22)12-17)28-15-23-20-6-4-5-7-21(20)26(30)29(27(23)31)19-10-11-24(32-2)25(14-19)33-3/h4-7,10-11,14-18,22,31H,8-9,12-13H2,1-3H3. The van der Waals surface area contributed by atoms with Crippen molar-refractivity contribution in [2.45, 2.75) is 38.6 Å². The molecule has 2 saturated carbocycles. The summed E-state index contributed by atoms with van der Waals surface area (Å²) in [6.45, 7) is 2.17. The van der Waals surface area contributed by atoms with Crippen molar-refractivity contribution >= 4 is 17.0 Å². The lowest BCUT2D eigenvalue weighted by Crippen LogP contribution is -2.22. The third-order valence-electron chi connectivity index (χ3n) is 7.58. The van der Waals surface area contributed by atoms with E-state index in [2.05, 4.69) is 6.92 Å². The maximum Gasteiger partial charge on any atom is 0.265 e. The van der Waals surface area contributed by atoms with E-state index in [0.717, 1.165) is 11.8 Å². The number of aromatic hydroxyl groups is 1. The van der Waals surface area contributed by atoms with Gasteiger partial charge in [-0.25, -0.2) is 4.57 Å². The van der Waals surface area contributed by atoms with Crippen LogP contribution in [0.25, 0.3) is 16.5 Å². The van der Waals surface area contributed by atoms with Gasteiger partial charge in [-0.1, -0.05) is 24.6 Å². The van der Waals surface area contributed by atoms with Crippen LogP contribution in [0.5, 0.6) is 17.4 Å². The van der Waals surface area contributed by atoms with Crippen molar-refractivity contribution in [1.29, 1.82) is 0 Å². The molecule has 4 unspecified atom stereocenters. The molecule has 1 heterocycles. The lowest BCUT2D eigenvalue weighted by Gasteiger charge is -2.25. The molecule has 0 amide bonds. The van der Waals surface area contributed by atoms with E-state index in [0.29, 0.717) is 39.4 Å². The SMILES string of the molecule is COc1ccc(-n2c(O)c(C=NC(C)C3CC4CCC3C4)c3ccccc3c2=O)cc1OC. The fraction of sp³-hybridized carbons (Fsp3) is 0.407. The van der Waals surface area contributed by atoms with Crippen molar-refractivity contribution in [3.63, 3.8) is 0 Å². The van der Waals surface area contributed by atoms with Crippen LogP contribution in [-0.4, -0.2) is 36.1 Å². The van der Waals surface area contributed by atoms with Crippen LogP contribution in [0, 0.1) is 17.8 Å². The van der Waals surface area contributed by atoms with Gasteiger partial charge in [-0.15, -0.1) is 0 Å². The molecule has 2 aliphatic carbocycles. The summed E-state index contributed by atoms with van der Waals surface area (Å²) in [5.41, 5.74) is 0.750. The zero-order chi connectivity index (χ0) is 23.1. The van der Waals surface area contributed by atoms with Gasteiger partial charge in [0.1, 0.15) is 0 Å². The molecule has 2 fully saturated rings. The van der Waals surface area contributed by atoms with Crippen LogP contribution >= 0.6 is 0 Å². The van der Waals surface area contributed by atoms with Crippen LogP contribution in [0.4, 0.5) is 0 Å². The number of fused-ring (bicyclic) bond motifs is 3. The lowest BCUT2D eigenvalue weighted by atomic mass is 9.84. The highest BCUT2D eigenvalue weighted by Gasteiger charge is 2.41. The maximum absolute atomic E-state index is 13.4. The van der Waals surface area contributed by atoms with Crippen molar-refractivity contribution in [3.05, 3.63) is 58.4 Å². The zero-order valence-electron chi connectivity index (χ0n) is 19.3. The number of hydrogen-bond donors (Lipinski definition) is 1. The Labute approximate surface area is 193 Å². The lowest BCUT2D eigenvalue weighted by molar-refractivity contribution is 0.294. The number of benzene rings is 2. The predicted octanol–water partition coefficient (Wildman–Crippen LogP) is 4.96. The summed E-state index contributed by atoms with van der Waals surface area (Å²) < 4.78 is 12.0. The van der Waals surface area contributed by atoms with Crippen molar-refractivity contribution < 1.29 is 14.6 Å². The average molecular weight is 447 g/mol. The van der Waals surface area contributed by atoms with Gasteiger partial charge in [0.2, 0.25) is 5.88 Å². The Morgan fingerprint density at radius 2 is 1.82 bits per heavy atom. The Bertz CT molecular complexity index is 1280. The highest BCUT2D eigenvalue weighted by atomic mass is 16.5. The van der Waals surface area contributed by atoms with Gasteiger partial charge in [0.25, 0.3) is 5.56 Å². The van der Waals surface area contributed by atoms with E-state index >= 15 is 0 Å². The molecule has 172 valence electrons. The molecule has 0 radical (unpaired) electrons. The molecule has 2 bridgehead atoms. The molecule has 2 aromatic carbocycles. The van der Waals surface area contributed by atoms with Crippen LogP contribution in [0.3, 0.4) is 0 Å². The van der Waals surface area contributed by atoms with Gasteiger partial charge in [-0.3, -0.25) is 9.79 Å². The fourth-order valence-electron chi connectivity index (χ4n) is 5.88. The molecule has 0 spiro atoms. The van der Waals surface area contributed by atoms with E-state index in [9.17, 15) is 9.90 Å². The minimum absolute atomic E-state index is 0.130. The van der Waals surface area contributed by atoms with E-state index in [4.69, 9.17) is 14.5 Å². The molecular weight excluding hydrogens is 416 g/mol. The first-order chi connectivity index (χ1) is 16.0. The Morgan fingerprint density at radius 1 is 1.06 bits per heavy atom. The number of ether oxygens (including phenoxy) is 2. The van der Waals surface area contributed by atoms with Gasteiger partial charge >= 0.3 is 0 Å². The van der Waals surface area contributed by atoms with E-state index in [1.807, 2.05) is 18.2 Å². The highest BCUT2D eigenvalue weighted by Crippen LogP contribution is 2.50. The second-order valence-corrected chi connectivity index (χ2v) is 9.32. The van der Waals surface area contributed by atoms with E-state index in [-0.39, 0.29) is 17.5 Å². The first-order valence-electron chi connectivity index (χ1n) is 11.6. The van der Waals surface area contributed by atoms with Crippen LogP contribution in [0.2, 0.25) is 0 Å².